The Morgan fingerprint density at radius 3 is 2.60 bits per heavy atom. The summed E-state index contributed by atoms with van der Waals surface area (Å²) >= 11 is 6.28. The van der Waals surface area contributed by atoms with Gasteiger partial charge in [0.15, 0.2) is 16.5 Å². The number of pyridine rings is 1. The van der Waals surface area contributed by atoms with Gasteiger partial charge in [0.1, 0.15) is 22.0 Å². The van der Waals surface area contributed by atoms with Crippen molar-refractivity contribution < 1.29 is 32.2 Å². The Kier molecular flexibility index (Phi) is 8.66. The fourth-order valence-corrected chi connectivity index (χ4v) is 8.02. The maximum absolute atomic E-state index is 14.0. The van der Waals surface area contributed by atoms with Crippen LogP contribution in [0.5, 0.6) is 0 Å². The highest BCUT2D eigenvalue weighted by molar-refractivity contribution is 7.91. The number of amides is 1. The maximum Gasteiger partial charge on any atom is 0.407 e. The molecule has 0 aliphatic carbocycles. The number of fused-ring (bicyclic) bond motifs is 1. The van der Waals surface area contributed by atoms with E-state index in [1.54, 1.807) is 13.8 Å². The van der Waals surface area contributed by atoms with Gasteiger partial charge in [0.25, 0.3) is 0 Å². The number of nitrogens with two attached hydrogens (primary N) is 1. The molecule has 5 rings (SSSR count). The van der Waals surface area contributed by atoms with Gasteiger partial charge in [-0.2, -0.15) is 5.10 Å². The molecule has 5 heterocycles. The molecule has 0 bridgehead atoms. The number of carbonyl (C=O) groups excluding carboxylic acids is 2. The summed E-state index contributed by atoms with van der Waals surface area (Å²) in [6, 6.07) is 2.46. The Morgan fingerprint density at radius 2 is 1.96 bits per heavy atom. The van der Waals surface area contributed by atoms with Crippen molar-refractivity contribution in [1.82, 2.24) is 24.9 Å². The number of hydrogen-bond acceptors (Lipinski definition) is 12. The minimum Gasteiger partial charge on any atom is -0.461 e. The number of anilines is 2. The number of aryl methyl sites for hydroxylation is 1. The minimum absolute atomic E-state index is 0.0737. The van der Waals surface area contributed by atoms with Crippen LogP contribution in [-0.2, 0) is 24.0 Å². The van der Waals surface area contributed by atoms with Crippen LogP contribution in [0.4, 0.5) is 16.4 Å². The van der Waals surface area contributed by atoms with Crippen LogP contribution in [0.3, 0.4) is 0 Å². The van der Waals surface area contributed by atoms with Crippen LogP contribution in [0.15, 0.2) is 28.3 Å². The monoisotopic (exact) mass is 663 g/mol. The van der Waals surface area contributed by atoms with Gasteiger partial charge in [-0.05, 0) is 60.5 Å². The van der Waals surface area contributed by atoms with E-state index in [0.717, 1.165) is 0 Å². The number of nitrogens with one attached hydrogen (secondary N) is 1. The molecule has 1 spiro atoms. The quantitative estimate of drug-likeness (QED) is 0.367. The highest BCUT2D eigenvalue weighted by Crippen LogP contribution is 2.44. The number of hydrogen-bond donors (Lipinski definition) is 2. The van der Waals surface area contributed by atoms with Gasteiger partial charge in [-0.15, -0.1) is 0 Å². The molecule has 16 heteroatoms. The molecule has 2 fully saturated rings. The Hall–Kier alpha value is -3.69. The molecule has 2 saturated heterocycles. The van der Waals surface area contributed by atoms with Crippen molar-refractivity contribution in [3.8, 4) is 0 Å². The predicted molar refractivity (Wildman–Crippen MR) is 165 cm³/mol. The van der Waals surface area contributed by atoms with E-state index in [0.29, 0.717) is 43.9 Å². The normalized spacial score (nSPS) is 20.0. The number of alkyl carbamates (subject to hydrolysis) is 1. The van der Waals surface area contributed by atoms with Crippen LogP contribution in [0.1, 0.15) is 63.6 Å². The third-order valence-corrected chi connectivity index (χ3v) is 10.5. The molecule has 1 amide bonds. The van der Waals surface area contributed by atoms with Crippen LogP contribution < -0.4 is 16.0 Å². The van der Waals surface area contributed by atoms with Gasteiger partial charge in [-0.3, -0.25) is 0 Å². The summed E-state index contributed by atoms with van der Waals surface area (Å²) in [5.41, 5.74) is 5.21. The molecule has 14 nitrogen and oxygen atoms in total. The molecule has 2 atom stereocenters. The lowest BCUT2D eigenvalue weighted by molar-refractivity contribution is 0.0433. The SMILES string of the molecule is CCOC(=O)c1cc2c(N3CCC4(CC3)CO[C@@H](C)[C@H]4NC(=O)OC(C)(C)C)nc(C)c(S(=O)(=O)c3ccnc(N)c3Cl)n2n1. The van der Waals surface area contributed by atoms with E-state index in [4.69, 9.17) is 36.5 Å². The first-order valence-electron chi connectivity index (χ1n) is 14.7. The van der Waals surface area contributed by atoms with Crippen molar-refractivity contribution in [3.63, 3.8) is 0 Å². The first-order chi connectivity index (χ1) is 21.1. The minimum atomic E-state index is -4.33. The molecular weight excluding hydrogens is 626 g/mol. The molecule has 0 radical (unpaired) electrons. The van der Waals surface area contributed by atoms with Crippen LogP contribution in [0.2, 0.25) is 5.02 Å². The van der Waals surface area contributed by atoms with E-state index >= 15 is 0 Å². The van der Waals surface area contributed by atoms with Crippen molar-refractivity contribution in [2.45, 2.75) is 82.1 Å². The summed E-state index contributed by atoms with van der Waals surface area (Å²) in [5.74, 6) is -0.394. The second-order valence-corrected chi connectivity index (χ2v) is 14.6. The lowest BCUT2D eigenvalue weighted by Gasteiger charge is -2.43. The average molecular weight is 664 g/mol. The second-order valence-electron chi connectivity index (χ2n) is 12.4. The molecule has 0 saturated carbocycles. The van der Waals surface area contributed by atoms with E-state index in [2.05, 4.69) is 15.4 Å². The number of ether oxygens (including phenoxy) is 3. The highest BCUT2D eigenvalue weighted by atomic mass is 35.5. The Bertz CT molecular complexity index is 1750. The van der Waals surface area contributed by atoms with Crippen molar-refractivity contribution in [2.75, 3.05) is 36.9 Å². The topological polar surface area (TPSA) is 180 Å². The largest absolute Gasteiger partial charge is 0.461 e. The Balaban J connectivity index is 1.52. The molecule has 45 heavy (non-hydrogen) atoms. The van der Waals surface area contributed by atoms with Crippen molar-refractivity contribution in [2.24, 2.45) is 5.41 Å². The van der Waals surface area contributed by atoms with Gasteiger partial charge in [0.2, 0.25) is 9.84 Å². The zero-order valence-electron chi connectivity index (χ0n) is 26.1. The van der Waals surface area contributed by atoms with E-state index in [9.17, 15) is 18.0 Å². The number of halogens is 1. The number of nitrogen functional groups attached to an aromatic ring is 1. The van der Waals surface area contributed by atoms with Crippen LogP contribution in [0.25, 0.3) is 5.52 Å². The fourth-order valence-electron chi connectivity index (χ4n) is 6.02. The van der Waals surface area contributed by atoms with E-state index < -0.39 is 27.5 Å². The van der Waals surface area contributed by atoms with E-state index in [-0.39, 0.29) is 56.3 Å². The zero-order chi connectivity index (χ0) is 32.9. The Labute approximate surface area is 266 Å². The van der Waals surface area contributed by atoms with Gasteiger partial charge >= 0.3 is 12.1 Å². The maximum atomic E-state index is 14.0. The van der Waals surface area contributed by atoms with Gasteiger partial charge in [-0.1, -0.05) is 11.6 Å². The number of piperidine rings is 1. The van der Waals surface area contributed by atoms with Crippen molar-refractivity contribution in [3.05, 3.63) is 34.7 Å². The summed E-state index contributed by atoms with van der Waals surface area (Å²) < 4.78 is 45.9. The molecule has 244 valence electrons. The lowest BCUT2D eigenvalue weighted by atomic mass is 9.73. The number of esters is 1. The molecule has 2 aliphatic heterocycles. The molecule has 3 aromatic rings. The van der Waals surface area contributed by atoms with Crippen molar-refractivity contribution in [1.29, 1.82) is 0 Å². The van der Waals surface area contributed by atoms with Crippen LogP contribution in [0, 0.1) is 12.3 Å². The number of nitrogens with zero attached hydrogens (tertiary/aromatic N) is 5. The third-order valence-electron chi connectivity index (χ3n) is 8.12. The molecule has 2 aliphatic rings. The van der Waals surface area contributed by atoms with Crippen molar-refractivity contribution >= 4 is 50.7 Å². The van der Waals surface area contributed by atoms with Crippen LogP contribution >= 0.6 is 11.6 Å². The van der Waals surface area contributed by atoms with Crippen LogP contribution in [-0.4, -0.2) is 84.1 Å². The number of sulfone groups is 1. The smallest absolute Gasteiger partial charge is 0.407 e. The lowest BCUT2D eigenvalue weighted by Crippen LogP contribution is -2.55. The third kappa shape index (κ3) is 6.12. The first kappa shape index (κ1) is 32.7. The number of rotatable bonds is 6. The van der Waals surface area contributed by atoms with Gasteiger partial charge in [0, 0.05) is 30.8 Å². The first-order valence-corrected chi connectivity index (χ1v) is 16.5. The summed E-state index contributed by atoms with van der Waals surface area (Å²) in [6.07, 6.45) is 1.84. The average Bonchev–Trinajstić information content (AvgIpc) is 3.51. The molecule has 3 N–H and O–H groups in total. The number of aromatic nitrogens is 4. The highest BCUT2D eigenvalue weighted by Gasteiger charge is 2.51. The van der Waals surface area contributed by atoms with Gasteiger partial charge in [0.05, 0.1) is 35.9 Å². The van der Waals surface area contributed by atoms with Gasteiger partial charge in [-0.25, -0.2) is 32.5 Å². The standard InChI is InChI=1S/C29H38ClN7O7S/c1-7-42-26(38)18-14-19-24(33-16(2)25(37(19)35-18)45(40,41)20-8-11-32-23(31)21(20)30)36-12-9-29(10-13-36)15-43-17(3)22(29)34-27(39)44-28(4,5)6/h8,11,14,17,22H,7,9-10,12-13,15H2,1-6H3,(H2,31,32)(H,34,39)/t17-,22+/m0/s1. The summed E-state index contributed by atoms with van der Waals surface area (Å²) in [5, 5.41) is 6.92. The number of carbonyl (C=O) groups is 2. The van der Waals surface area contributed by atoms with Gasteiger partial charge < -0.3 is 30.2 Å². The molecule has 3 aromatic heterocycles. The summed E-state index contributed by atoms with van der Waals surface area (Å²) in [7, 11) is -4.33. The van der Waals surface area contributed by atoms with E-state index in [1.165, 1.54) is 22.8 Å². The molecule has 0 aromatic carbocycles. The van der Waals surface area contributed by atoms with E-state index in [1.807, 2.05) is 32.6 Å². The summed E-state index contributed by atoms with van der Waals surface area (Å²) in [4.78, 5) is 35.8. The zero-order valence-corrected chi connectivity index (χ0v) is 27.7. The summed E-state index contributed by atoms with van der Waals surface area (Å²) in [6.45, 7) is 12.2. The second kappa shape index (κ2) is 11.9. The molecular formula is C29H38ClN7O7S. The Morgan fingerprint density at radius 1 is 1.27 bits per heavy atom. The molecule has 0 unspecified atom stereocenters. The fraction of sp³-hybridized carbons (Fsp3) is 0.552. The predicted octanol–water partition coefficient (Wildman–Crippen LogP) is 3.58.